The summed E-state index contributed by atoms with van der Waals surface area (Å²) in [7, 11) is 0. The summed E-state index contributed by atoms with van der Waals surface area (Å²) >= 11 is 1.99. The van der Waals surface area contributed by atoms with Crippen LogP contribution in [-0.4, -0.2) is 15.2 Å². The predicted octanol–water partition coefficient (Wildman–Crippen LogP) is 15.7. The summed E-state index contributed by atoms with van der Waals surface area (Å²) in [6.07, 6.45) is 13.6. The number of aromatic nitrogens is 2. The van der Waals surface area contributed by atoms with Crippen LogP contribution in [-0.2, 0) is 6.42 Å². The second-order valence-electron chi connectivity index (χ2n) is 16.7. The average molecular weight is 823 g/mol. The van der Waals surface area contributed by atoms with Gasteiger partial charge in [0, 0.05) is 32.8 Å². The molecule has 2 nitrogen and oxygen atoms in total. The van der Waals surface area contributed by atoms with Crippen molar-refractivity contribution in [1.29, 1.82) is 0 Å². The summed E-state index contributed by atoms with van der Waals surface area (Å²) in [4.78, 5) is 12.2. The molecule has 0 spiro atoms. The molecule has 1 aliphatic heterocycles. The number of hydrogen-bond acceptors (Lipinski definition) is 3. The van der Waals surface area contributed by atoms with Crippen molar-refractivity contribution in [3.63, 3.8) is 0 Å². The van der Waals surface area contributed by atoms with Gasteiger partial charge >= 0.3 is 0 Å². The normalized spacial score (nSPS) is 16.0. The molecule has 3 heteroatoms. The molecule has 3 aliphatic rings. The predicted molar refractivity (Wildman–Crippen MR) is 265 cm³/mol. The lowest BCUT2D eigenvalue weighted by Crippen LogP contribution is -2.06. The number of aryl methyl sites for hydroxylation is 1. The highest BCUT2D eigenvalue weighted by molar-refractivity contribution is 8.00. The maximum Gasteiger partial charge on any atom is 0.161 e. The monoisotopic (exact) mass is 822 g/mol. The summed E-state index contributed by atoms with van der Waals surface area (Å²) in [5.41, 5.74) is 18.9. The first-order chi connectivity index (χ1) is 31.2. The number of benzene rings is 8. The van der Waals surface area contributed by atoms with Crippen molar-refractivity contribution in [2.24, 2.45) is 0 Å². The fourth-order valence-corrected chi connectivity index (χ4v) is 11.2. The van der Waals surface area contributed by atoms with Crippen molar-refractivity contribution in [2.75, 3.05) is 0 Å². The zero-order valence-corrected chi connectivity index (χ0v) is 35.5. The molecule has 2 heterocycles. The minimum absolute atomic E-state index is 0.411. The van der Waals surface area contributed by atoms with Gasteiger partial charge in [-0.2, -0.15) is 0 Å². The summed E-state index contributed by atoms with van der Waals surface area (Å²) in [5, 5.41) is 2.78. The van der Waals surface area contributed by atoms with Gasteiger partial charge in [-0.25, -0.2) is 9.97 Å². The number of allylic oxidation sites excluding steroid dienone is 4. The van der Waals surface area contributed by atoms with Crippen LogP contribution in [0.3, 0.4) is 0 Å². The third-order valence-corrected chi connectivity index (χ3v) is 14.4. The Morgan fingerprint density at radius 3 is 1.70 bits per heavy atom. The Hall–Kier alpha value is -7.33. The van der Waals surface area contributed by atoms with Crippen LogP contribution in [0, 0.1) is 0 Å². The first-order valence-electron chi connectivity index (χ1n) is 21.9. The molecular formula is C60H42N2S. The lowest BCUT2D eigenvalue weighted by Gasteiger charge is -2.18. The van der Waals surface area contributed by atoms with Gasteiger partial charge in [-0.3, -0.25) is 0 Å². The van der Waals surface area contributed by atoms with Crippen LogP contribution in [0.5, 0.6) is 0 Å². The summed E-state index contributed by atoms with van der Waals surface area (Å²) < 4.78 is 0. The zero-order chi connectivity index (χ0) is 41.7. The van der Waals surface area contributed by atoms with Crippen LogP contribution in [0.2, 0.25) is 0 Å². The second kappa shape index (κ2) is 15.9. The Morgan fingerprint density at radius 1 is 0.429 bits per heavy atom. The third kappa shape index (κ3) is 6.86. The summed E-state index contributed by atoms with van der Waals surface area (Å²) in [5.74, 6) is 1.13. The maximum atomic E-state index is 5.39. The van der Waals surface area contributed by atoms with Gasteiger partial charge in [0.2, 0.25) is 0 Å². The van der Waals surface area contributed by atoms with E-state index in [-0.39, 0.29) is 0 Å². The molecule has 0 fully saturated rings. The highest BCUT2D eigenvalue weighted by Gasteiger charge is 2.33. The van der Waals surface area contributed by atoms with Crippen LogP contribution in [0.1, 0.15) is 34.6 Å². The molecular weight excluding hydrogens is 781 g/mol. The number of rotatable bonds is 7. The van der Waals surface area contributed by atoms with E-state index in [1.54, 1.807) is 0 Å². The first kappa shape index (κ1) is 37.4. The van der Waals surface area contributed by atoms with Gasteiger partial charge in [0.05, 0.1) is 11.4 Å². The van der Waals surface area contributed by atoms with Crippen LogP contribution < -0.4 is 0 Å². The third-order valence-electron chi connectivity index (χ3n) is 13.0. The molecule has 298 valence electrons. The Bertz CT molecular complexity index is 3290. The highest BCUT2D eigenvalue weighted by Crippen LogP contribution is 2.52. The van der Waals surface area contributed by atoms with E-state index in [0.717, 1.165) is 46.3 Å². The molecule has 0 bridgehead atoms. The number of hydrogen-bond donors (Lipinski definition) is 0. The lowest BCUT2D eigenvalue weighted by molar-refractivity contribution is 0.881. The fourth-order valence-electron chi connectivity index (χ4n) is 9.77. The molecule has 12 rings (SSSR count). The standard InChI is InChI=1S/C60H42N2S/c1-2-12-39(13-3-1)40-24-26-41(27-25-40)42-28-32-45(33-29-42)56-38-57(46-34-30-44(31-35-46)48-20-10-15-43-14-4-5-16-47(43)48)62-60(61-56)55-37-36-51(49-17-6-7-18-50(49)55)53-21-11-22-54-52-19-8-9-23-58(52)63-59(53)54/h1-9,11-14,16-38,52,58H,10,15H2. The zero-order valence-electron chi connectivity index (χ0n) is 34.7. The molecule has 0 radical (unpaired) electrons. The van der Waals surface area contributed by atoms with E-state index in [1.165, 1.54) is 71.5 Å². The van der Waals surface area contributed by atoms with E-state index in [0.29, 0.717) is 17.0 Å². The quantitative estimate of drug-likeness (QED) is 0.160. The summed E-state index contributed by atoms with van der Waals surface area (Å²) in [6.45, 7) is 0. The summed E-state index contributed by atoms with van der Waals surface area (Å²) in [6, 6.07) is 68.2. The van der Waals surface area contributed by atoms with Gasteiger partial charge in [-0.15, -0.1) is 11.8 Å². The first-order valence-corrected chi connectivity index (χ1v) is 22.8. The SMILES string of the molecule is C1=CC2Sc3c(-c4ccc(-c5nc(-c6ccc(C7=CCCc8ccccc87)cc6)cc(-c6ccc(-c7ccc(-c8ccccc8)cc7)cc6)n5)c5ccccc45)cccc3C2C=C1. The number of nitrogens with zero attached hydrogens (tertiary/aromatic N) is 2. The topological polar surface area (TPSA) is 25.8 Å². The van der Waals surface area contributed by atoms with Crippen LogP contribution in [0.25, 0.3) is 83.6 Å². The van der Waals surface area contributed by atoms with Gasteiger partial charge in [-0.05, 0) is 97.0 Å². The second-order valence-corrected chi connectivity index (χ2v) is 17.9. The van der Waals surface area contributed by atoms with E-state index in [1.807, 2.05) is 11.8 Å². The Kier molecular flexibility index (Phi) is 9.42. The minimum Gasteiger partial charge on any atom is -0.228 e. The molecule has 0 saturated carbocycles. The molecule has 2 aliphatic carbocycles. The molecule has 63 heavy (non-hydrogen) atoms. The van der Waals surface area contributed by atoms with E-state index in [9.17, 15) is 0 Å². The van der Waals surface area contributed by atoms with Crippen molar-refractivity contribution < 1.29 is 0 Å². The largest absolute Gasteiger partial charge is 0.228 e. The maximum absolute atomic E-state index is 5.39. The van der Waals surface area contributed by atoms with Gasteiger partial charge in [0.15, 0.2) is 5.82 Å². The lowest BCUT2D eigenvalue weighted by atomic mass is 9.87. The molecule has 1 aromatic heterocycles. The Morgan fingerprint density at radius 2 is 0.984 bits per heavy atom. The minimum atomic E-state index is 0.411. The van der Waals surface area contributed by atoms with E-state index >= 15 is 0 Å². The molecule has 0 amide bonds. The molecule has 2 atom stereocenters. The fraction of sp³-hybridized carbons (Fsp3) is 0.0667. The average Bonchev–Trinajstić information content (AvgIpc) is 3.75. The Labute approximate surface area is 373 Å². The van der Waals surface area contributed by atoms with Gasteiger partial charge < -0.3 is 0 Å². The van der Waals surface area contributed by atoms with Gasteiger partial charge in [0.25, 0.3) is 0 Å². The van der Waals surface area contributed by atoms with Crippen LogP contribution in [0.4, 0.5) is 0 Å². The van der Waals surface area contributed by atoms with E-state index in [4.69, 9.17) is 9.97 Å². The number of thioether (sulfide) groups is 1. The van der Waals surface area contributed by atoms with Crippen molar-refractivity contribution in [1.82, 2.24) is 9.97 Å². The van der Waals surface area contributed by atoms with Crippen molar-refractivity contribution >= 4 is 28.1 Å². The Balaban J connectivity index is 0.951. The van der Waals surface area contributed by atoms with Crippen LogP contribution >= 0.6 is 11.8 Å². The van der Waals surface area contributed by atoms with Crippen molar-refractivity contribution in [3.8, 4) is 67.3 Å². The molecule has 2 unspecified atom stereocenters. The van der Waals surface area contributed by atoms with Crippen molar-refractivity contribution in [3.05, 3.63) is 241 Å². The molecule has 8 aromatic carbocycles. The number of fused-ring (bicyclic) bond motifs is 5. The van der Waals surface area contributed by atoms with Gasteiger partial charge in [0.1, 0.15) is 0 Å². The molecule has 0 N–H and O–H groups in total. The highest BCUT2D eigenvalue weighted by atomic mass is 32.2. The van der Waals surface area contributed by atoms with Crippen LogP contribution in [0.15, 0.2) is 223 Å². The molecule has 9 aromatic rings. The van der Waals surface area contributed by atoms with Crippen molar-refractivity contribution in [2.45, 2.75) is 28.9 Å². The van der Waals surface area contributed by atoms with Gasteiger partial charge in [-0.1, -0.05) is 206 Å². The van der Waals surface area contributed by atoms with E-state index < -0.39 is 0 Å². The van der Waals surface area contributed by atoms with E-state index in [2.05, 4.69) is 218 Å². The molecule has 0 saturated heterocycles. The smallest absolute Gasteiger partial charge is 0.161 e.